The van der Waals surface area contributed by atoms with E-state index < -0.39 is 6.10 Å². The van der Waals surface area contributed by atoms with E-state index in [0.29, 0.717) is 19.2 Å². The topological polar surface area (TPSA) is 41.5 Å². The lowest BCUT2D eigenvalue weighted by molar-refractivity contribution is 0.00598. The van der Waals surface area contributed by atoms with Crippen LogP contribution in [0.4, 0.5) is 0 Å². The van der Waals surface area contributed by atoms with Crippen molar-refractivity contribution in [2.24, 2.45) is 0 Å². The van der Waals surface area contributed by atoms with E-state index in [4.69, 9.17) is 4.74 Å². The van der Waals surface area contributed by atoms with Crippen LogP contribution in [0, 0.1) is 0 Å². The van der Waals surface area contributed by atoms with Crippen molar-refractivity contribution in [1.82, 2.24) is 5.32 Å². The van der Waals surface area contributed by atoms with Gasteiger partial charge in [0.1, 0.15) is 6.10 Å². The fourth-order valence-corrected chi connectivity index (χ4v) is 2.28. The minimum absolute atomic E-state index is 0.156. The predicted molar refractivity (Wildman–Crippen MR) is 89.8 cm³/mol. The molecule has 0 bridgehead atoms. The minimum Gasteiger partial charge on any atom is -0.389 e. The molecule has 0 spiro atoms. The number of ether oxygens (including phenoxy) is 1. The Kier molecular flexibility index (Phi) is 6.59. The Morgan fingerprint density at radius 2 is 1.41 bits per heavy atom. The number of hydrogen-bond donors (Lipinski definition) is 2. The summed E-state index contributed by atoms with van der Waals surface area (Å²) in [7, 11) is 0. The average Bonchev–Trinajstić information content (AvgIpc) is 2.55. The van der Waals surface area contributed by atoms with Crippen LogP contribution in [0.3, 0.4) is 0 Å². The molecule has 3 nitrogen and oxygen atoms in total. The Morgan fingerprint density at radius 1 is 0.909 bits per heavy atom. The van der Waals surface area contributed by atoms with Crippen LogP contribution in [0.2, 0.25) is 0 Å². The van der Waals surface area contributed by atoms with Gasteiger partial charge in [-0.15, -0.1) is 0 Å². The van der Waals surface area contributed by atoms with E-state index in [-0.39, 0.29) is 6.10 Å². The van der Waals surface area contributed by atoms with Crippen molar-refractivity contribution < 1.29 is 9.84 Å². The number of nitrogens with one attached hydrogen (secondary N) is 1. The van der Waals surface area contributed by atoms with Gasteiger partial charge in [0, 0.05) is 12.6 Å². The van der Waals surface area contributed by atoms with Gasteiger partial charge in [-0.2, -0.15) is 0 Å². The first-order valence-corrected chi connectivity index (χ1v) is 7.79. The maximum absolute atomic E-state index is 10.1. The van der Waals surface area contributed by atoms with E-state index in [0.717, 1.165) is 11.1 Å². The Morgan fingerprint density at radius 3 is 1.86 bits per heavy atom. The SMILES string of the molecule is CC(C)NC[C@H](O)COC(c1ccccc1)c1ccccc1. The van der Waals surface area contributed by atoms with E-state index >= 15 is 0 Å². The molecule has 1 atom stereocenters. The van der Waals surface area contributed by atoms with Gasteiger partial charge in [-0.3, -0.25) is 0 Å². The van der Waals surface area contributed by atoms with E-state index in [9.17, 15) is 5.11 Å². The zero-order chi connectivity index (χ0) is 15.8. The van der Waals surface area contributed by atoms with Gasteiger partial charge in [0.2, 0.25) is 0 Å². The van der Waals surface area contributed by atoms with Crippen LogP contribution in [0.15, 0.2) is 60.7 Å². The highest BCUT2D eigenvalue weighted by atomic mass is 16.5. The smallest absolute Gasteiger partial charge is 0.108 e. The Hall–Kier alpha value is -1.68. The maximum atomic E-state index is 10.1. The molecule has 0 aliphatic rings. The molecule has 3 heteroatoms. The lowest BCUT2D eigenvalue weighted by Gasteiger charge is -2.21. The summed E-state index contributed by atoms with van der Waals surface area (Å²) < 4.78 is 6.02. The fraction of sp³-hybridized carbons (Fsp3) is 0.368. The van der Waals surface area contributed by atoms with Crippen molar-refractivity contribution in [3.63, 3.8) is 0 Å². The highest BCUT2D eigenvalue weighted by Crippen LogP contribution is 2.25. The second-order valence-corrected chi connectivity index (χ2v) is 5.75. The summed E-state index contributed by atoms with van der Waals surface area (Å²) in [5.74, 6) is 0. The summed E-state index contributed by atoms with van der Waals surface area (Å²) in [4.78, 5) is 0. The molecule has 0 aliphatic heterocycles. The summed E-state index contributed by atoms with van der Waals surface area (Å²) >= 11 is 0. The van der Waals surface area contributed by atoms with Gasteiger partial charge < -0.3 is 15.2 Å². The summed E-state index contributed by atoms with van der Waals surface area (Å²) in [6, 6.07) is 20.6. The fourth-order valence-electron chi connectivity index (χ4n) is 2.28. The molecule has 22 heavy (non-hydrogen) atoms. The molecule has 0 unspecified atom stereocenters. The van der Waals surface area contributed by atoms with Crippen LogP contribution in [-0.4, -0.2) is 30.4 Å². The van der Waals surface area contributed by atoms with Gasteiger partial charge in [0.15, 0.2) is 0 Å². The standard InChI is InChI=1S/C19H25NO2/c1-15(2)20-13-18(21)14-22-19(16-9-5-3-6-10-16)17-11-7-4-8-12-17/h3-12,15,18-21H,13-14H2,1-2H3/t18-/m0/s1. The van der Waals surface area contributed by atoms with Gasteiger partial charge in [-0.25, -0.2) is 0 Å². The maximum Gasteiger partial charge on any atom is 0.108 e. The van der Waals surface area contributed by atoms with Gasteiger partial charge in [0.05, 0.1) is 12.7 Å². The quantitative estimate of drug-likeness (QED) is 0.787. The normalized spacial score (nSPS) is 12.8. The zero-order valence-electron chi connectivity index (χ0n) is 13.3. The van der Waals surface area contributed by atoms with Crippen molar-refractivity contribution in [3.8, 4) is 0 Å². The van der Waals surface area contributed by atoms with Crippen LogP contribution < -0.4 is 5.32 Å². The van der Waals surface area contributed by atoms with Gasteiger partial charge >= 0.3 is 0 Å². The first-order chi connectivity index (χ1) is 10.7. The lowest BCUT2D eigenvalue weighted by atomic mass is 10.0. The zero-order valence-corrected chi connectivity index (χ0v) is 13.3. The number of aliphatic hydroxyl groups excluding tert-OH is 1. The number of hydrogen-bond acceptors (Lipinski definition) is 3. The van der Waals surface area contributed by atoms with E-state index in [1.165, 1.54) is 0 Å². The third kappa shape index (κ3) is 5.26. The molecular formula is C19H25NO2. The first-order valence-electron chi connectivity index (χ1n) is 7.79. The molecule has 0 heterocycles. The largest absolute Gasteiger partial charge is 0.389 e. The van der Waals surface area contributed by atoms with Crippen molar-refractivity contribution in [3.05, 3.63) is 71.8 Å². The van der Waals surface area contributed by atoms with Crippen molar-refractivity contribution >= 4 is 0 Å². The molecule has 0 aliphatic carbocycles. The monoisotopic (exact) mass is 299 g/mol. The molecule has 2 aromatic carbocycles. The molecule has 2 rings (SSSR count). The Labute approximate surface area is 133 Å². The van der Waals surface area contributed by atoms with E-state index in [1.54, 1.807) is 0 Å². The first kappa shape index (κ1) is 16.7. The Balaban J connectivity index is 2.03. The third-order valence-electron chi connectivity index (χ3n) is 3.42. The summed E-state index contributed by atoms with van der Waals surface area (Å²) in [5, 5.41) is 13.3. The second kappa shape index (κ2) is 8.69. The highest BCUT2D eigenvalue weighted by Gasteiger charge is 2.16. The highest BCUT2D eigenvalue weighted by molar-refractivity contribution is 5.29. The molecular weight excluding hydrogens is 274 g/mol. The van der Waals surface area contributed by atoms with Crippen molar-refractivity contribution in [2.75, 3.05) is 13.2 Å². The lowest BCUT2D eigenvalue weighted by Crippen LogP contribution is -2.34. The molecule has 0 amide bonds. The average molecular weight is 299 g/mol. The molecule has 2 N–H and O–H groups in total. The van der Waals surface area contributed by atoms with Crippen LogP contribution in [-0.2, 0) is 4.74 Å². The van der Waals surface area contributed by atoms with Crippen molar-refractivity contribution in [2.45, 2.75) is 32.1 Å². The molecule has 0 radical (unpaired) electrons. The van der Waals surface area contributed by atoms with E-state index in [1.807, 2.05) is 36.4 Å². The second-order valence-electron chi connectivity index (χ2n) is 5.75. The summed E-state index contributed by atoms with van der Waals surface area (Å²) in [6.07, 6.45) is -0.673. The molecule has 0 aromatic heterocycles. The third-order valence-corrected chi connectivity index (χ3v) is 3.42. The number of aliphatic hydroxyl groups is 1. The number of rotatable bonds is 8. The molecule has 0 fully saturated rings. The summed E-state index contributed by atoms with van der Waals surface area (Å²) in [5.41, 5.74) is 2.19. The molecule has 0 saturated carbocycles. The predicted octanol–water partition coefficient (Wildman–Crippen LogP) is 3.15. The van der Waals surface area contributed by atoms with Crippen molar-refractivity contribution in [1.29, 1.82) is 0 Å². The minimum atomic E-state index is -0.516. The Bertz CT molecular complexity index is 488. The van der Waals surface area contributed by atoms with Gasteiger partial charge in [-0.1, -0.05) is 74.5 Å². The number of benzene rings is 2. The molecule has 2 aromatic rings. The van der Waals surface area contributed by atoms with Crippen LogP contribution >= 0.6 is 0 Å². The van der Waals surface area contributed by atoms with Crippen LogP contribution in [0.5, 0.6) is 0 Å². The van der Waals surface area contributed by atoms with E-state index in [2.05, 4.69) is 43.4 Å². The summed E-state index contributed by atoms with van der Waals surface area (Å²) in [6.45, 7) is 4.96. The van der Waals surface area contributed by atoms with Gasteiger partial charge in [0.25, 0.3) is 0 Å². The van der Waals surface area contributed by atoms with Gasteiger partial charge in [-0.05, 0) is 11.1 Å². The van der Waals surface area contributed by atoms with Crippen LogP contribution in [0.1, 0.15) is 31.1 Å². The molecule has 118 valence electrons. The van der Waals surface area contributed by atoms with Crippen LogP contribution in [0.25, 0.3) is 0 Å². The molecule has 0 saturated heterocycles.